The maximum Gasteiger partial charge on any atom is 0.418 e. The third-order valence-electron chi connectivity index (χ3n) is 5.67. The number of nitrogens with one attached hydrogen (secondary N) is 1. The summed E-state index contributed by atoms with van der Waals surface area (Å²) in [4.78, 5) is 33.1. The molecule has 3 aromatic rings. The van der Waals surface area contributed by atoms with Gasteiger partial charge < -0.3 is 14.8 Å². The number of benzene rings is 2. The van der Waals surface area contributed by atoms with E-state index in [0.29, 0.717) is 26.2 Å². The number of hydrogen-bond acceptors (Lipinski definition) is 5. The predicted octanol–water partition coefficient (Wildman–Crippen LogP) is 3.47. The molecule has 0 radical (unpaired) electrons. The number of rotatable bonds is 6. The van der Waals surface area contributed by atoms with Crippen LogP contribution in [-0.2, 0) is 22.8 Å². The number of alkyl halides is 3. The molecule has 0 atom stereocenters. The van der Waals surface area contributed by atoms with E-state index in [9.17, 15) is 22.8 Å². The smallest absolute Gasteiger partial charge is 0.339 e. The zero-order valence-corrected chi connectivity index (χ0v) is 19.3. The molecule has 1 aliphatic rings. The second-order valence-electron chi connectivity index (χ2n) is 7.98. The lowest BCUT2D eigenvalue weighted by Gasteiger charge is -2.34. The number of thioether (sulfide) groups is 1. The molecule has 11 heteroatoms. The lowest BCUT2D eigenvalue weighted by atomic mass is 10.1. The fourth-order valence-corrected chi connectivity index (χ4v) is 4.75. The first-order valence-electron chi connectivity index (χ1n) is 10.7. The summed E-state index contributed by atoms with van der Waals surface area (Å²) in [5.41, 5.74) is 0.747. The first-order valence-corrected chi connectivity index (χ1v) is 11.7. The van der Waals surface area contributed by atoms with E-state index in [1.54, 1.807) is 4.90 Å². The van der Waals surface area contributed by atoms with Crippen molar-refractivity contribution in [2.75, 3.05) is 43.8 Å². The van der Waals surface area contributed by atoms with Crippen molar-refractivity contribution in [2.45, 2.75) is 11.3 Å². The first-order chi connectivity index (χ1) is 16.2. The summed E-state index contributed by atoms with van der Waals surface area (Å²) in [6, 6.07) is 12.7. The number of para-hydroxylation sites is 3. The molecular weight excluding hydrogens is 467 g/mol. The van der Waals surface area contributed by atoms with Crippen LogP contribution in [0.15, 0.2) is 53.7 Å². The van der Waals surface area contributed by atoms with Gasteiger partial charge >= 0.3 is 6.18 Å². The van der Waals surface area contributed by atoms with Crippen molar-refractivity contribution in [3.63, 3.8) is 0 Å². The topological polar surface area (TPSA) is 70.5 Å². The van der Waals surface area contributed by atoms with Gasteiger partial charge in [-0.05, 0) is 24.3 Å². The molecule has 2 aromatic carbocycles. The van der Waals surface area contributed by atoms with Crippen LogP contribution in [0.1, 0.15) is 5.56 Å². The summed E-state index contributed by atoms with van der Waals surface area (Å²) in [5, 5.41) is 3.13. The van der Waals surface area contributed by atoms with Crippen molar-refractivity contribution in [3.05, 3.63) is 54.1 Å². The van der Waals surface area contributed by atoms with Gasteiger partial charge in [0, 0.05) is 33.2 Å². The lowest BCUT2D eigenvalue weighted by molar-refractivity contribution is -0.137. The first kappa shape index (κ1) is 24.1. The monoisotopic (exact) mass is 491 g/mol. The molecule has 2 heterocycles. The van der Waals surface area contributed by atoms with Crippen LogP contribution in [0.4, 0.5) is 18.9 Å². The standard InChI is InChI=1S/C23H24F3N5O2S/c1-29-19-9-5-4-8-18(19)28-22(29)34-15-21(33)31-12-10-30(11-13-31)14-20(32)27-17-7-3-2-6-16(17)23(24,25)26/h2-9H,10-15H2,1H3,(H,27,32). The number of fused-ring (bicyclic) bond motifs is 1. The highest BCUT2D eigenvalue weighted by molar-refractivity contribution is 7.99. The number of nitrogens with zero attached hydrogens (tertiary/aromatic N) is 4. The predicted molar refractivity (Wildman–Crippen MR) is 125 cm³/mol. The van der Waals surface area contributed by atoms with Crippen LogP contribution in [0, 0.1) is 0 Å². The van der Waals surface area contributed by atoms with Crippen LogP contribution in [0.25, 0.3) is 11.0 Å². The van der Waals surface area contributed by atoms with Gasteiger partial charge in [0.1, 0.15) is 0 Å². The molecule has 1 saturated heterocycles. The number of piperazine rings is 1. The van der Waals surface area contributed by atoms with E-state index < -0.39 is 17.6 Å². The molecule has 180 valence electrons. The van der Waals surface area contributed by atoms with Gasteiger partial charge in [-0.3, -0.25) is 14.5 Å². The van der Waals surface area contributed by atoms with Crippen LogP contribution in [0.5, 0.6) is 0 Å². The van der Waals surface area contributed by atoms with Gasteiger partial charge in [0.2, 0.25) is 11.8 Å². The molecule has 0 unspecified atom stereocenters. The molecular formula is C23H24F3N5O2S. The number of halogens is 3. The normalized spacial score (nSPS) is 15.0. The lowest BCUT2D eigenvalue weighted by Crippen LogP contribution is -2.51. The quantitative estimate of drug-likeness (QED) is 0.535. The Kier molecular flexibility index (Phi) is 7.13. The number of imidazole rings is 1. The Morgan fingerprint density at radius 1 is 1.03 bits per heavy atom. The third kappa shape index (κ3) is 5.53. The average Bonchev–Trinajstić information content (AvgIpc) is 3.13. The molecule has 0 saturated carbocycles. The zero-order chi connectivity index (χ0) is 24.3. The van der Waals surface area contributed by atoms with Gasteiger partial charge in [-0.25, -0.2) is 4.98 Å². The van der Waals surface area contributed by atoms with E-state index in [2.05, 4.69) is 10.3 Å². The molecule has 1 aliphatic heterocycles. The van der Waals surface area contributed by atoms with Gasteiger partial charge in [-0.1, -0.05) is 36.0 Å². The summed E-state index contributed by atoms with van der Waals surface area (Å²) in [5.74, 6) is -0.277. The second-order valence-corrected chi connectivity index (χ2v) is 8.92. The van der Waals surface area contributed by atoms with Gasteiger partial charge in [0.05, 0.1) is 34.6 Å². The number of carbonyl (C=O) groups excluding carboxylic acids is 2. The summed E-state index contributed by atoms with van der Waals surface area (Å²) >= 11 is 1.38. The van der Waals surface area contributed by atoms with Crippen molar-refractivity contribution in [3.8, 4) is 0 Å². The largest absolute Gasteiger partial charge is 0.418 e. The Labute approximate surface area is 198 Å². The van der Waals surface area contributed by atoms with Gasteiger partial charge in [-0.15, -0.1) is 0 Å². The molecule has 2 amide bonds. The zero-order valence-electron chi connectivity index (χ0n) is 18.5. The van der Waals surface area contributed by atoms with Crippen LogP contribution in [-0.4, -0.2) is 69.6 Å². The maximum atomic E-state index is 13.1. The summed E-state index contributed by atoms with van der Waals surface area (Å²) < 4.78 is 41.3. The van der Waals surface area contributed by atoms with Crippen LogP contribution in [0.2, 0.25) is 0 Å². The summed E-state index contributed by atoms with van der Waals surface area (Å²) in [6.45, 7) is 1.81. The van der Waals surface area contributed by atoms with Crippen LogP contribution < -0.4 is 5.32 Å². The minimum Gasteiger partial charge on any atom is -0.339 e. The fourth-order valence-electron chi connectivity index (χ4n) is 3.86. The van der Waals surface area contributed by atoms with E-state index in [0.717, 1.165) is 22.3 Å². The molecule has 7 nitrogen and oxygen atoms in total. The minimum absolute atomic E-state index is 0.0136. The highest BCUT2D eigenvalue weighted by Crippen LogP contribution is 2.34. The van der Waals surface area contributed by atoms with Crippen molar-refractivity contribution < 1.29 is 22.8 Å². The molecule has 0 bridgehead atoms. The highest BCUT2D eigenvalue weighted by atomic mass is 32.2. The van der Waals surface area contributed by atoms with Gasteiger partial charge in [0.25, 0.3) is 0 Å². The van der Waals surface area contributed by atoms with E-state index >= 15 is 0 Å². The van der Waals surface area contributed by atoms with E-state index in [1.165, 1.54) is 30.0 Å². The molecule has 4 rings (SSSR count). The van der Waals surface area contributed by atoms with Crippen molar-refractivity contribution in [2.24, 2.45) is 7.05 Å². The molecule has 0 aliphatic carbocycles. The van der Waals surface area contributed by atoms with Gasteiger partial charge in [0.15, 0.2) is 5.16 Å². The maximum absolute atomic E-state index is 13.1. The van der Waals surface area contributed by atoms with E-state index in [1.807, 2.05) is 40.8 Å². The Bertz CT molecular complexity index is 1190. The summed E-state index contributed by atoms with van der Waals surface area (Å²) in [7, 11) is 1.92. The second kappa shape index (κ2) is 10.1. The fraction of sp³-hybridized carbons (Fsp3) is 0.348. The Hall–Kier alpha value is -3.05. The molecule has 34 heavy (non-hydrogen) atoms. The SMILES string of the molecule is Cn1c(SCC(=O)N2CCN(CC(=O)Nc3ccccc3C(F)(F)F)CC2)nc2ccccc21. The Morgan fingerprint density at radius 2 is 1.71 bits per heavy atom. The van der Waals surface area contributed by atoms with Crippen molar-refractivity contribution >= 4 is 40.3 Å². The molecule has 1 aromatic heterocycles. The summed E-state index contributed by atoms with van der Waals surface area (Å²) in [6.07, 6.45) is -4.55. The van der Waals surface area contributed by atoms with E-state index in [-0.39, 0.29) is 23.9 Å². The van der Waals surface area contributed by atoms with Crippen LogP contribution >= 0.6 is 11.8 Å². The molecule has 1 fully saturated rings. The van der Waals surface area contributed by atoms with Crippen molar-refractivity contribution in [1.29, 1.82) is 0 Å². The van der Waals surface area contributed by atoms with Crippen molar-refractivity contribution in [1.82, 2.24) is 19.4 Å². The minimum atomic E-state index is -4.55. The van der Waals surface area contributed by atoms with Gasteiger partial charge in [-0.2, -0.15) is 13.2 Å². The number of anilines is 1. The Morgan fingerprint density at radius 3 is 2.41 bits per heavy atom. The molecule has 0 spiro atoms. The Balaban J connectivity index is 1.25. The van der Waals surface area contributed by atoms with Crippen LogP contribution in [0.3, 0.4) is 0 Å². The average molecular weight is 492 g/mol. The number of aryl methyl sites for hydroxylation is 1. The number of aromatic nitrogens is 2. The number of carbonyl (C=O) groups is 2. The number of amides is 2. The molecule has 1 N–H and O–H groups in total. The highest BCUT2D eigenvalue weighted by Gasteiger charge is 2.33. The van der Waals surface area contributed by atoms with E-state index in [4.69, 9.17) is 0 Å². The number of hydrogen-bond donors (Lipinski definition) is 1. The third-order valence-corrected chi connectivity index (χ3v) is 6.68.